The Kier molecular flexibility index (Phi) is 2.83. The van der Waals surface area contributed by atoms with Crippen LogP contribution in [0, 0.1) is 0 Å². The van der Waals surface area contributed by atoms with Crippen molar-refractivity contribution in [1.29, 1.82) is 0 Å². The lowest BCUT2D eigenvalue weighted by atomic mass is 10.3. The molecule has 0 spiro atoms. The summed E-state index contributed by atoms with van der Waals surface area (Å²) in [6.45, 7) is 0. The monoisotopic (exact) mass is 200 g/mol. The molecule has 15 heavy (non-hydrogen) atoms. The number of methoxy groups -OCH3 is 1. The molecule has 2 rings (SSSR count). The van der Waals surface area contributed by atoms with E-state index >= 15 is 0 Å². The molecule has 2 aromatic rings. The highest BCUT2D eigenvalue weighted by Gasteiger charge is 1.91. The zero-order chi connectivity index (χ0) is 10.5. The summed E-state index contributed by atoms with van der Waals surface area (Å²) in [7, 11) is 1.63. The third-order valence-corrected chi connectivity index (χ3v) is 2.05. The molecule has 0 atom stereocenters. The van der Waals surface area contributed by atoms with E-state index < -0.39 is 0 Å². The third kappa shape index (κ3) is 2.47. The van der Waals surface area contributed by atoms with Gasteiger partial charge < -0.3 is 9.72 Å². The van der Waals surface area contributed by atoms with E-state index in [0.29, 0.717) is 0 Å². The topological polar surface area (TPSA) is 37.9 Å². The van der Waals surface area contributed by atoms with Gasteiger partial charge >= 0.3 is 0 Å². The minimum Gasteiger partial charge on any atom is -0.495 e. The highest BCUT2D eigenvalue weighted by molar-refractivity contribution is 5.66. The van der Waals surface area contributed by atoms with Crippen LogP contribution < -0.4 is 4.74 Å². The van der Waals surface area contributed by atoms with Crippen molar-refractivity contribution < 1.29 is 4.74 Å². The van der Waals surface area contributed by atoms with Gasteiger partial charge in [-0.05, 0) is 36.4 Å². The molecule has 0 saturated carbocycles. The largest absolute Gasteiger partial charge is 0.495 e. The number of hydrogen-bond donors (Lipinski definition) is 1. The Bertz CT molecular complexity index is 429. The summed E-state index contributed by atoms with van der Waals surface area (Å²) in [6.07, 6.45) is 7.52. The van der Waals surface area contributed by atoms with Crippen LogP contribution in [-0.4, -0.2) is 17.1 Å². The molecule has 2 heterocycles. The minimum atomic E-state index is 0.770. The third-order valence-electron chi connectivity index (χ3n) is 2.05. The summed E-state index contributed by atoms with van der Waals surface area (Å²) in [5.74, 6) is 0.770. The number of nitrogens with one attached hydrogen (secondary N) is 1. The molecule has 1 N–H and O–H groups in total. The number of ether oxygens (including phenoxy) is 1. The van der Waals surface area contributed by atoms with Crippen molar-refractivity contribution in [2.45, 2.75) is 0 Å². The molecule has 0 unspecified atom stereocenters. The Morgan fingerprint density at radius 1 is 1.27 bits per heavy atom. The SMILES string of the molecule is COc1ccc(/C=C/c2ccc[nH]2)nc1. The fourth-order valence-corrected chi connectivity index (χ4v) is 1.23. The van der Waals surface area contributed by atoms with Gasteiger partial charge in [-0.25, -0.2) is 0 Å². The number of H-pyrrole nitrogens is 1. The van der Waals surface area contributed by atoms with Crippen LogP contribution in [0.25, 0.3) is 12.2 Å². The molecule has 3 heteroatoms. The van der Waals surface area contributed by atoms with Gasteiger partial charge in [0.2, 0.25) is 0 Å². The van der Waals surface area contributed by atoms with Crippen molar-refractivity contribution in [3.05, 3.63) is 48.0 Å². The molecule has 0 radical (unpaired) electrons. The molecule has 0 aromatic carbocycles. The number of pyridine rings is 1. The van der Waals surface area contributed by atoms with Crippen LogP contribution in [-0.2, 0) is 0 Å². The standard InChI is InChI=1S/C12H12N2O/c1-15-12-7-6-11(14-9-12)5-4-10-3-2-8-13-10/h2-9,13H,1H3/b5-4+. The summed E-state index contributed by atoms with van der Waals surface area (Å²) in [5.41, 5.74) is 1.97. The van der Waals surface area contributed by atoms with Gasteiger partial charge in [0.1, 0.15) is 5.75 Å². The van der Waals surface area contributed by atoms with Crippen molar-refractivity contribution in [3.63, 3.8) is 0 Å². The van der Waals surface area contributed by atoms with E-state index in [1.807, 2.05) is 42.6 Å². The number of aromatic amines is 1. The fourth-order valence-electron chi connectivity index (χ4n) is 1.23. The van der Waals surface area contributed by atoms with E-state index in [-0.39, 0.29) is 0 Å². The van der Waals surface area contributed by atoms with E-state index in [0.717, 1.165) is 17.1 Å². The van der Waals surface area contributed by atoms with Crippen LogP contribution in [0.15, 0.2) is 36.7 Å². The molecule has 0 amide bonds. The highest BCUT2D eigenvalue weighted by atomic mass is 16.5. The van der Waals surface area contributed by atoms with E-state index in [1.54, 1.807) is 13.3 Å². The molecular weight excluding hydrogens is 188 g/mol. The molecule has 3 nitrogen and oxygen atoms in total. The number of aromatic nitrogens is 2. The van der Waals surface area contributed by atoms with Crippen LogP contribution in [0.2, 0.25) is 0 Å². The first-order valence-corrected chi connectivity index (χ1v) is 4.70. The van der Waals surface area contributed by atoms with Crippen molar-refractivity contribution in [1.82, 2.24) is 9.97 Å². The Labute approximate surface area is 88.4 Å². The maximum atomic E-state index is 5.03. The Balaban J connectivity index is 2.11. The second kappa shape index (κ2) is 4.46. The van der Waals surface area contributed by atoms with E-state index in [2.05, 4.69) is 9.97 Å². The van der Waals surface area contributed by atoms with Crippen LogP contribution in [0.4, 0.5) is 0 Å². The lowest BCUT2D eigenvalue weighted by Gasteiger charge is -1.97. The molecule has 76 valence electrons. The first-order valence-electron chi connectivity index (χ1n) is 4.70. The average Bonchev–Trinajstić information content (AvgIpc) is 2.80. The zero-order valence-corrected chi connectivity index (χ0v) is 8.47. The molecule has 0 aliphatic carbocycles. The van der Waals surface area contributed by atoms with Crippen LogP contribution in [0.1, 0.15) is 11.4 Å². The van der Waals surface area contributed by atoms with Crippen LogP contribution in [0.3, 0.4) is 0 Å². The predicted octanol–water partition coefficient (Wildman–Crippen LogP) is 2.59. The normalized spacial score (nSPS) is 10.7. The summed E-state index contributed by atoms with van der Waals surface area (Å²) in [6, 6.07) is 7.76. The second-order valence-corrected chi connectivity index (χ2v) is 3.08. The molecule has 0 aliphatic heterocycles. The van der Waals surface area contributed by atoms with Crippen molar-refractivity contribution in [2.75, 3.05) is 7.11 Å². The quantitative estimate of drug-likeness (QED) is 0.826. The van der Waals surface area contributed by atoms with Crippen molar-refractivity contribution in [2.24, 2.45) is 0 Å². The lowest BCUT2D eigenvalue weighted by Crippen LogP contribution is -1.85. The Morgan fingerprint density at radius 2 is 2.20 bits per heavy atom. The summed E-state index contributed by atoms with van der Waals surface area (Å²) >= 11 is 0. The maximum absolute atomic E-state index is 5.03. The Hall–Kier alpha value is -2.03. The molecular formula is C12H12N2O. The number of rotatable bonds is 3. The number of hydrogen-bond acceptors (Lipinski definition) is 2. The molecule has 0 saturated heterocycles. The molecule has 0 bridgehead atoms. The predicted molar refractivity (Wildman–Crippen MR) is 60.5 cm³/mol. The molecule has 0 aliphatic rings. The van der Waals surface area contributed by atoms with Gasteiger partial charge in [0, 0.05) is 11.9 Å². The smallest absolute Gasteiger partial charge is 0.137 e. The first-order chi connectivity index (χ1) is 7.38. The fraction of sp³-hybridized carbons (Fsp3) is 0.0833. The van der Waals surface area contributed by atoms with Gasteiger partial charge in [-0.2, -0.15) is 0 Å². The van der Waals surface area contributed by atoms with E-state index in [1.165, 1.54) is 0 Å². The minimum absolute atomic E-state index is 0.770. The summed E-state index contributed by atoms with van der Waals surface area (Å²) < 4.78 is 5.03. The maximum Gasteiger partial charge on any atom is 0.137 e. The number of nitrogens with zero attached hydrogens (tertiary/aromatic N) is 1. The first kappa shape index (κ1) is 9.52. The second-order valence-electron chi connectivity index (χ2n) is 3.08. The average molecular weight is 200 g/mol. The van der Waals surface area contributed by atoms with Gasteiger partial charge in [-0.15, -0.1) is 0 Å². The van der Waals surface area contributed by atoms with Crippen molar-refractivity contribution in [3.8, 4) is 5.75 Å². The molecule has 0 fully saturated rings. The van der Waals surface area contributed by atoms with Gasteiger partial charge in [0.15, 0.2) is 0 Å². The van der Waals surface area contributed by atoms with Gasteiger partial charge in [-0.1, -0.05) is 0 Å². The molecule has 2 aromatic heterocycles. The lowest BCUT2D eigenvalue weighted by molar-refractivity contribution is 0.413. The van der Waals surface area contributed by atoms with Crippen LogP contribution in [0.5, 0.6) is 5.75 Å². The van der Waals surface area contributed by atoms with Gasteiger partial charge in [-0.3, -0.25) is 4.98 Å². The van der Waals surface area contributed by atoms with Gasteiger partial charge in [0.05, 0.1) is 19.0 Å². The van der Waals surface area contributed by atoms with E-state index in [4.69, 9.17) is 4.74 Å². The Morgan fingerprint density at radius 3 is 2.80 bits per heavy atom. The van der Waals surface area contributed by atoms with Crippen molar-refractivity contribution >= 4 is 12.2 Å². The van der Waals surface area contributed by atoms with Crippen LogP contribution >= 0.6 is 0 Å². The summed E-state index contributed by atoms with van der Waals surface area (Å²) in [4.78, 5) is 7.31. The summed E-state index contributed by atoms with van der Waals surface area (Å²) in [5, 5.41) is 0. The van der Waals surface area contributed by atoms with E-state index in [9.17, 15) is 0 Å². The van der Waals surface area contributed by atoms with Gasteiger partial charge in [0.25, 0.3) is 0 Å². The highest BCUT2D eigenvalue weighted by Crippen LogP contribution is 2.10. The zero-order valence-electron chi connectivity index (χ0n) is 8.47.